The van der Waals surface area contributed by atoms with Gasteiger partial charge in [-0.15, -0.1) is 0 Å². The van der Waals surface area contributed by atoms with Gasteiger partial charge in [0.15, 0.2) is 5.13 Å². The van der Waals surface area contributed by atoms with Gasteiger partial charge in [0.25, 0.3) is 15.9 Å². The Bertz CT molecular complexity index is 1490. The van der Waals surface area contributed by atoms with Crippen molar-refractivity contribution in [2.45, 2.75) is 25.2 Å². The normalized spacial score (nSPS) is 14.2. The van der Waals surface area contributed by atoms with E-state index >= 15 is 0 Å². The van der Waals surface area contributed by atoms with Crippen LogP contribution >= 0.6 is 11.3 Å². The summed E-state index contributed by atoms with van der Waals surface area (Å²) in [6, 6.07) is 21.6. The Morgan fingerprint density at radius 1 is 0.919 bits per heavy atom. The topological polar surface area (TPSA) is 73.8 Å². The summed E-state index contributed by atoms with van der Waals surface area (Å²) in [5, 5.41) is 0.997. The second-order valence-electron chi connectivity index (χ2n) is 8.92. The number of nitrogens with zero attached hydrogens (tertiary/aromatic N) is 4. The van der Waals surface area contributed by atoms with E-state index in [-0.39, 0.29) is 10.8 Å². The van der Waals surface area contributed by atoms with E-state index in [0.717, 1.165) is 17.1 Å². The quantitative estimate of drug-likeness (QED) is 0.332. The molecule has 0 bridgehead atoms. The zero-order valence-electron chi connectivity index (χ0n) is 21.0. The van der Waals surface area contributed by atoms with Crippen LogP contribution in [0.5, 0.6) is 0 Å². The number of aryl methyl sites for hydroxylation is 1. The van der Waals surface area contributed by atoms with Gasteiger partial charge in [-0.05, 0) is 61.4 Å². The lowest BCUT2D eigenvalue weighted by molar-refractivity contribution is 0.0746. The van der Waals surface area contributed by atoms with Crippen LogP contribution in [0, 0.1) is 0 Å². The summed E-state index contributed by atoms with van der Waals surface area (Å²) in [6.07, 6.45) is 0.950. The van der Waals surface area contributed by atoms with Gasteiger partial charge in [0, 0.05) is 38.3 Å². The number of thiazole rings is 1. The van der Waals surface area contributed by atoms with Crippen LogP contribution in [0.1, 0.15) is 29.8 Å². The van der Waals surface area contributed by atoms with Gasteiger partial charge in [-0.2, -0.15) is 0 Å². The first kappa shape index (κ1) is 25.2. The van der Waals surface area contributed by atoms with Gasteiger partial charge in [0.1, 0.15) is 0 Å². The molecule has 0 unspecified atom stereocenters. The maximum absolute atomic E-state index is 13.2. The largest absolute Gasteiger partial charge is 0.345 e. The Labute approximate surface area is 222 Å². The van der Waals surface area contributed by atoms with Crippen molar-refractivity contribution in [3.63, 3.8) is 0 Å². The van der Waals surface area contributed by atoms with Crippen molar-refractivity contribution in [1.82, 2.24) is 9.88 Å². The lowest BCUT2D eigenvalue weighted by atomic mass is 10.1. The average Bonchev–Trinajstić information content (AvgIpc) is 3.38. The molecule has 37 heavy (non-hydrogen) atoms. The molecule has 0 aliphatic carbocycles. The molecule has 1 aliphatic heterocycles. The number of carbonyl (C=O) groups is 1. The number of benzene rings is 3. The van der Waals surface area contributed by atoms with Crippen LogP contribution in [-0.4, -0.2) is 56.9 Å². The van der Waals surface area contributed by atoms with Gasteiger partial charge >= 0.3 is 0 Å². The van der Waals surface area contributed by atoms with Crippen LogP contribution in [-0.2, 0) is 16.4 Å². The lowest BCUT2D eigenvalue weighted by Gasteiger charge is -2.34. The van der Waals surface area contributed by atoms with E-state index < -0.39 is 10.0 Å². The third kappa shape index (κ3) is 4.93. The fourth-order valence-corrected chi connectivity index (χ4v) is 7.22. The summed E-state index contributed by atoms with van der Waals surface area (Å²) in [5.74, 6) is -0.0865. The molecule has 0 spiro atoms. The number of aromatic nitrogens is 1. The highest BCUT2D eigenvalue weighted by molar-refractivity contribution is 7.92. The number of amides is 1. The summed E-state index contributed by atoms with van der Waals surface area (Å²) < 4.78 is 29.0. The van der Waals surface area contributed by atoms with E-state index in [2.05, 4.69) is 30.0 Å². The molecule has 0 N–H and O–H groups in total. The summed E-state index contributed by atoms with van der Waals surface area (Å²) >= 11 is 1.70. The third-order valence-corrected chi connectivity index (χ3v) is 9.73. The average molecular weight is 535 g/mol. The van der Waals surface area contributed by atoms with Gasteiger partial charge in [-0.1, -0.05) is 48.6 Å². The monoisotopic (exact) mass is 534 g/mol. The van der Waals surface area contributed by atoms with E-state index in [1.807, 2.05) is 23.1 Å². The zero-order chi connectivity index (χ0) is 26.0. The molecule has 0 radical (unpaired) electrons. The molecular formula is C28H30N4O3S2. The molecule has 4 aromatic rings. The number of sulfonamides is 1. The summed E-state index contributed by atoms with van der Waals surface area (Å²) in [5.41, 5.74) is 3.43. The number of piperazine rings is 1. The SMILES string of the molecule is CCc1cccc2sc(N3CCN(C(=O)c4ccc(S(=O)(=O)N(CC)c5ccccc5)cc4)CC3)nc12. The molecule has 0 saturated carbocycles. The Hall–Kier alpha value is -3.43. The minimum atomic E-state index is -3.73. The number of anilines is 2. The van der Waals surface area contributed by atoms with Gasteiger partial charge in [0.2, 0.25) is 0 Å². The van der Waals surface area contributed by atoms with Crippen LogP contribution in [0.25, 0.3) is 10.2 Å². The number of fused-ring (bicyclic) bond motifs is 1. The molecule has 9 heteroatoms. The van der Waals surface area contributed by atoms with Crippen molar-refractivity contribution in [2.75, 3.05) is 41.9 Å². The van der Waals surface area contributed by atoms with Crippen LogP contribution in [0.3, 0.4) is 0 Å². The number of carbonyl (C=O) groups excluding carboxylic acids is 1. The number of hydrogen-bond acceptors (Lipinski definition) is 6. The minimum absolute atomic E-state index is 0.0865. The molecule has 192 valence electrons. The molecule has 1 aromatic heterocycles. The molecule has 7 nitrogen and oxygen atoms in total. The molecule has 2 heterocycles. The second-order valence-corrected chi connectivity index (χ2v) is 11.8. The maximum atomic E-state index is 13.2. The van der Waals surface area contributed by atoms with E-state index in [4.69, 9.17) is 4.98 Å². The zero-order valence-corrected chi connectivity index (χ0v) is 22.6. The number of hydrogen-bond donors (Lipinski definition) is 0. The summed E-state index contributed by atoms with van der Waals surface area (Å²) in [6.45, 7) is 6.86. The van der Waals surface area contributed by atoms with Crippen molar-refractivity contribution in [3.05, 3.63) is 83.9 Å². The smallest absolute Gasteiger partial charge is 0.264 e. The predicted molar refractivity (Wildman–Crippen MR) is 150 cm³/mol. The Kier molecular flexibility index (Phi) is 7.17. The molecular weight excluding hydrogens is 504 g/mol. The third-order valence-electron chi connectivity index (χ3n) is 6.73. The predicted octanol–water partition coefficient (Wildman–Crippen LogP) is 5.04. The Morgan fingerprint density at radius 3 is 2.27 bits per heavy atom. The molecule has 1 amide bonds. The molecule has 3 aromatic carbocycles. The highest BCUT2D eigenvalue weighted by atomic mass is 32.2. The highest BCUT2D eigenvalue weighted by Crippen LogP contribution is 2.31. The van der Waals surface area contributed by atoms with Crippen molar-refractivity contribution < 1.29 is 13.2 Å². The molecule has 1 saturated heterocycles. The van der Waals surface area contributed by atoms with Crippen LogP contribution in [0.4, 0.5) is 10.8 Å². The van der Waals surface area contributed by atoms with Crippen LogP contribution < -0.4 is 9.21 Å². The van der Waals surface area contributed by atoms with Gasteiger partial charge < -0.3 is 9.80 Å². The Morgan fingerprint density at radius 2 is 1.62 bits per heavy atom. The molecule has 0 atom stereocenters. The fourth-order valence-electron chi connectivity index (χ4n) is 4.68. The number of rotatable bonds is 7. The van der Waals surface area contributed by atoms with E-state index in [0.29, 0.717) is 44.0 Å². The van der Waals surface area contributed by atoms with Gasteiger partial charge in [-0.25, -0.2) is 13.4 Å². The van der Waals surface area contributed by atoms with Gasteiger partial charge in [-0.3, -0.25) is 9.10 Å². The number of para-hydroxylation sites is 2. The second kappa shape index (κ2) is 10.5. The highest BCUT2D eigenvalue weighted by Gasteiger charge is 2.26. The summed E-state index contributed by atoms with van der Waals surface area (Å²) in [4.78, 5) is 22.3. The van der Waals surface area contributed by atoms with Crippen LogP contribution in [0.2, 0.25) is 0 Å². The van der Waals surface area contributed by atoms with E-state index in [1.165, 1.54) is 26.7 Å². The van der Waals surface area contributed by atoms with E-state index in [1.54, 1.807) is 42.5 Å². The van der Waals surface area contributed by atoms with Crippen molar-refractivity contribution in [1.29, 1.82) is 0 Å². The molecule has 5 rings (SSSR count). The minimum Gasteiger partial charge on any atom is -0.345 e. The molecule has 1 fully saturated rings. The summed E-state index contributed by atoms with van der Waals surface area (Å²) in [7, 11) is -3.73. The van der Waals surface area contributed by atoms with Crippen molar-refractivity contribution in [2.24, 2.45) is 0 Å². The molecule has 1 aliphatic rings. The first-order chi connectivity index (χ1) is 17.9. The lowest BCUT2D eigenvalue weighted by Crippen LogP contribution is -2.48. The first-order valence-electron chi connectivity index (χ1n) is 12.5. The van der Waals surface area contributed by atoms with E-state index in [9.17, 15) is 13.2 Å². The standard InChI is InChI=1S/C28H30N4O3S2/c1-3-21-9-8-12-25-26(21)29-28(36-25)31-19-17-30(18-20-31)27(33)22-13-15-24(16-14-22)37(34,35)32(4-2)23-10-6-5-7-11-23/h5-16H,3-4,17-20H2,1-2H3. The maximum Gasteiger partial charge on any atom is 0.264 e. The van der Waals surface area contributed by atoms with Crippen molar-refractivity contribution >= 4 is 48.3 Å². The Balaban J connectivity index is 1.26. The van der Waals surface area contributed by atoms with Gasteiger partial charge in [0.05, 0.1) is 20.8 Å². The fraction of sp³-hybridized carbons (Fsp3) is 0.286. The van der Waals surface area contributed by atoms with Crippen LogP contribution in [0.15, 0.2) is 77.7 Å². The van der Waals surface area contributed by atoms with Crippen molar-refractivity contribution in [3.8, 4) is 0 Å². The first-order valence-corrected chi connectivity index (χ1v) is 14.8.